The van der Waals surface area contributed by atoms with Gasteiger partial charge in [-0.25, -0.2) is 9.97 Å². The Hall–Kier alpha value is -2.17. The van der Waals surface area contributed by atoms with E-state index in [0.717, 1.165) is 23.5 Å². The van der Waals surface area contributed by atoms with E-state index in [-0.39, 0.29) is 5.92 Å². The average molecular weight is 257 g/mol. The molecule has 2 aromatic rings. The third kappa shape index (κ3) is 2.99. The van der Waals surface area contributed by atoms with E-state index in [1.54, 1.807) is 6.20 Å². The van der Waals surface area contributed by atoms with Gasteiger partial charge in [0.15, 0.2) is 0 Å². The van der Waals surface area contributed by atoms with Gasteiger partial charge in [-0.05, 0) is 17.5 Å². The molecule has 0 aliphatic heterocycles. The number of nitrogens with two attached hydrogens (primary N) is 1. The summed E-state index contributed by atoms with van der Waals surface area (Å²) >= 11 is 0. The standard InChI is InChI=1S/C14H19N5/c1-10(2)12-13(15)17-9-18-14(12)19(3)8-11-5-4-6-16-7-11/h4-7,9-10H,8H2,1-3H3,(H2,15,17,18). The zero-order valence-corrected chi connectivity index (χ0v) is 11.5. The Bertz CT molecular complexity index is 539. The van der Waals surface area contributed by atoms with Crippen molar-refractivity contribution in [3.63, 3.8) is 0 Å². The number of pyridine rings is 1. The molecule has 0 amide bonds. The van der Waals surface area contributed by atoms with Crippen molar-refractivity contribution in [3.8, 4) is 0 Å². The van der Waals surface area contributed by atoms with Crippen molar-refractivity contribution in [2.24, 2.45) is 0 Å². The number of hydrogen-bond acceptors (Lipinski definition) is 5. The summed E-state index contributed by atoms with van der Waals surface area (Å²) < 4.78 is 0. The van der Waals surface area contributed by atoms with Crippen molar-refractivity contribution in [2.45, 2.75) is 26.3 Å². The molecule has 0 saturated heterocycles. The van der Waals surface area contributed by atoms with Crippen LogP contribution in [0.5, 0.6) is 0 Å². The highest BCUT2D eigenvalue weighted by molar-refractivity contribution is 5.57. The number of aromatic nitrogens is 3. The lowest BCUT2D eigenvalue weighted by molar-refractivity contribution is 0.811. The van der Waals surface area contributed by atoms with E-state index in [9.17, 15) is 0 Å². The molecule has 0 bridgehead atoms. The van der Waals surface area contributed by atoms with Crippen LogP contribution in [0.15, 0.2) is 30.9 Å². The monoisotopic (exact) mass is 257 g/mol. The molecule has 0 fully saturated rings. The van der Waals surface area contributed by atoms with Crippen LogP contribution < -0.4 is 10.6 Å². The number of rotatable bonds is 4. The van der Waals surface area contributed by atoms with Gasteiger partial charge in [-0.1, -0.05) is 19.9 Å². The molecule has 0 aliphatic carbocycles. The van der Waals surface area contributed by atoms with Crippen LogP contribution in [-0.2, 0) is 6.54 Å². The van der Waals surface area contributed by atoms with Crippen LogP contribution in [0, 0.1) is 0 Å². The van der Waals surface area contributed by atoms with Crippen molar-refractivity contribution < 1.29 is 0 Å². The fraction of sp³-hybridized carbons (Fsp3) is 0.357. The second-order valence-corrected chi connectivity index (χ2v) is 4.87. The molecule has 2 aromatic heterocycles. The Morgan fingerprint density at radius 2 is 2.11 bits per heavy atom. The van der Waals surface area contributed by atoms with Gasteiger partial charge in [-0.3, -0.25) is 4.98 Å². The molecule has 0 atom stereocenters. The van der Waals surface area contributed by atoms with Gasteiger partial charge >= 0.3 is 0 Å². The fourth-order valence-corrected chi connectivity index (χ4v) is 2.10. The first-order valence-electron chi connectivity index (χ1n) is 6.30. The molecule has 5 nitrogen and oxygen atoms in total. The van der Waals surface area contributed by atoms with Crippen LogP contribution in [0.4, 0.5) is 11.6 Å². The Labute approximate surface area is 113 Å². The van der Waals surface area contributed by atoms with E-state index in [2.05, 4.69) is 33.7 Å². The summed E-state index contributed by atoms with van der Waals surface area (Å²) in [6, 6.07) is 3.98. The van der Waals surface area contributed by atoms with Gasteiger partial charge in [0.25, 0.3) is 0 Å². The first-order chi connectivity index (χ1) is 9.09. The zero-order chi connectivity index (χ0) is 13.8. The second-order valence-electron chi connectivity index (χ2n) is 4.87. The molecule has 0 aliphatic rings. The topological polar surface area (TPSA) is 67.9 Å². The van der Waals surface area contributed by atoms with Crippen molar-refractivity contribution in [3.05, 3.63) is 42.0 Å². The van der Waals surface area contributed by atoms with Crippen LogP contribution in [-0.4, -0.2) is 22.0 Å². The van der Waals surface area contributed by atoms with E-state index >= 15 is 0 Å². The number of nitrogens with zero attached hydrogens (tertiary/aromatic N) is 4. The van der Waals surface area contributed by atoms with Crippen LogP contribution in [0.25, 0.3) is 0 Å². The summed E-state index contributed by atoms with van der Waals surface area (Å²) in [5.41, 5.74) is 8.09. The maximum absolute atomic E-state index is 5.96. The normalized spacial score (nSPS) is 10.7. The van der Waals surface area contributed by atoms with E-state index in [0.29, 0.717) is 5.82 Å². The highest BCUT2D eigenvalue weighted by Crippen LogP contribution is 2.28. The molecule has 2 N–H and O–H groups in total. The molecule has 100 valence electrons. The highest BCUT2D eigenvalue weighted by Gasteiger charge is 2.16. The first-order valence-corrected chi connectivity index (χ1v) is 6.30. The molecule has 2 rings (SSSR count). The molecular weight excluding hydrogens is 238 g/mol. The van der Waals surface area contributed by atoms with E-state index in [4.69, 9.17) is 5.73 Å². The molecule has 2 heterocycles. The Morgan fingerprint density at radius 3 is 2.74 bits per heavy atom. The quantitative estimate of drug-likeness (QED) is 0.909. The van der Waals surface area contributed by atoms with Crippen molar-refractivity contribution in [1.29, 1.82) is 0 Å². The van der Waals surface area contributed by atoms with Crippen molar-refractivity contribution in [2.75, 3.05) is 17.7 Å². The summed E-state index contributed by atoms with van der Waals surface area (Å²) in [7, 11) is 2.00. The largest absolute Gasteiger partial charge is 0.383 e. The molecule has 0 spiro atoms. The lowest BCUT2D eigenvalue weighted by atomic mass is 10.0. The minimum atomic E-state index is 0.285. The van der Waals surface area contributed by atoms with Gasteiger partial charge in [-0.15, -0.1) is 0 Å². The lowest BCUT2D eigenvalue weighted by Crippen LogP contribution is -2.21. The molecule has 0 saturated carbocycles. The first kappa shape index (κ1) is 13.3. The average Bonchev–Trinajstić information content (AvgIpc) is 2.39. The Morgan fingerprint density at radius 1 is 1.32 bits per heavy atom. The van der Waals surface area contributed by atoms with Crippen LogP contribution in [0.3, 0.4) is 0 Å². The number of anilines is 2. The molecule has 5 heteroatoms. The molecular formula is C14H19N5. The zero-order valence-electron chi connectivity index (χ0n) is 11.5. The van der Waals surface area contributed by atoms with Gasteiger partial charge in [0.2, 0.25) is 0 Å². The summed E-state index contributed by atoms with van der Waals surface area (Å²) in [6.07, 6.45) is 5.14. The summed E-state index contributed by atoms with van der Waals surface area (Å²) in [6.45, 7) is 4.93. The minimum absolute atomic E-state index is 0.285. The van der Waals surface area contributed by atoms with Gasteiger partial charge in [0, 0.05) is 31.5 Å². The van der Waals surface area contributed by atoms with Gasteiger partial charge in [-0.2, -0.15) is 0 Å². The maximum atomic E-state index is 5.96. The van der Waals surface area contributed by atoms with Crippen LogP contribution in [0.1, 0.15) is 30.9 Å². The van der Waals surface area contributed by atoms with Gasteiger partial charge < -0.3 is 10.6 Å². The van der Waals surface area contributed by atoms with Crippen LogP contribution >= 0.6 is 0 Å². The summed E-state index contributed by atoms with van der Waals surface area (Å²) in [4.78, 5) is 14.6. The van der Waals surface area contributed by atoms with Crippen molar-refractivity contribution >= 4 is 11.6 Å². The van der Waals surface area contributed by atoms with E-state index in [1.165, 1.54) is 6.33 Å². The minimum Gasteiger partial charge on any atom is -0.383 e. The predicted molar refractivity (Wildman–Crippen MR) is 76.9 cm³/mol. The second kappa shape index (κ2) is 5.65. The third-order valence-corrected chi connectivity index (χ3v) is 2.98. The third-order valence-electron chi connectivity index (χ3n) is 2.98. The van der Waals surface area contributed by atoms with Gasteiger partial charge in [0.1, 0.15) is 18.0 Å². The summed E-state index contributed by atoms with van der Waals surface area (Å²) in [5.74, 6) is 1.72. The van der Waals surface area contributed by atoms with Crippen LogP contribution in [0.2, 0.25) is 0 Å². The van der Waals surface area contributed by atoms with E-state index < -0.39 is 0 Å². The smallest absolute Gasteiger partial charge is 0.137 e. The van der Waals surface area contributed by atoms with Gasteiger partial charge in [0.05, 0.1) is 0 Å². The molecule has 19 heavy (non-hydrogen) atoms. The number of hydrogen-bond donors (Lipinski definition) is 1. The SMILES string of the molecule is CC(C)c1c(N)ncnc1N(C)Cc1cccnc1. The highest BCUT2D eigenvalue weighted by atomic mass is 15.2. The Kier molecular flexibility index (Phi) is 3.94. The maximum Gasteiger partial charge on any atom is 0.137 e. The predicted octanol–water partition coefficient (Wildman–Crippen LogP) is 2.21. The van der Waals surface area contributed by atoms with E-state index in [1.807, 2.05) is 25.4 Å². The summed E-state index contributed by atoms with van der Waals surface area (Å²) in [5, 5.41) is 0. The molecule has 0 aromatic carbocycles. The Balaban J connectivity index is 2.29. The fourth-order valence-electron chi connectivity index (χ4n) is 2.10. The number of nitrogen functional groups attached to an aromatic ring is 1. The molecule has 0 unspecified atom stereocenters. The molecule has 0 radical (unpaired) electrons. The lowest BCUT2D eigenvalue weighted by Gasteiger charge is -2.23. The van der Waals surface area contributed by atoms with Crippen molar-refractivity contribution in [1.82, 2.24) is 15.0 Å².